The van der Waals surface area contributed by atoms with Gasteiger partial charge < -0.3 is 10.2 Å². The molecular weight excluding hydrogens is 258 g/mol. The van der Waals surface area contributed by atoms with Gasteiger partial charge in [-0.25, -0.2) is 4.98 Å². The van der Waals surface area contributed by atoms with Crippen LogP contribution in [-0.2, 0) is 6.54 Å². The van der Waals surface area contributed by atoms with Crippen molar-refractivity contribution in [2.45, 2.75) is 47.1 Å². The van der Waals surface area contributed by atoms with E-state index in [9.17, 15) is 0 Å². The van der Waals surface area contributed by atoms with Crippen LogP contribution < -0.4 is 10.2 Å². The zero-order valence-corrected chi connectivity index (χ0v) is 14.1. The lowest BCUT2D eigenvalue weighted by atomic mass is 9.87. The molecule has 2 rings (SSSR count). The molecule has 1 saturated heterocycles. The first kappa shape index (κ1) is 16.3. The van der Waals surface area contributed by atoms with E-state index in [-0.39, 0.29) is 0 Å². The summed E-state index contributed by atoms with van der Waals surface area (Å²) in [6.45, 7) is 13.5. The third-order valence-corrected chi connectivity index (χ3v) is 4.50. The molecule has 1 fully saturated rings. The Morgan fingerprint density at radius 1 is 1.24 bits per heavy atom. The van der Waals surface area contributed by atoms with Crippen LogP contribution in [0.1, 0.15) is 46.1 Å². The molecule has 0 aliphatic carbocycles. The van der Waals surface area contributed by atoms with Crippen molar-refractivity contribution in [2.24, 2.45) is 17.8 Å². The number of aromatic nitrogens is 1. The second kappa shape index (κ2) is 7.79. The summed E-state index contributed by atoms with van der Waals surface area (Å²) in [6, 6.07) is 4.38. The van der Waals surface area contributed by atoms with E-state index in [1.807, 2.05) is 6.20 Å². The molecule has 1 aliphatic rings. The van der Waals surface area contributed by atoms with Crippen LogP contribution in [0, 0.1) is 17.8 Å². The summed E-state index contributed by atoms with van der Waals surface area (Å²) in [5.41, 5.74) is 1.34. The van der Waals surface area contributed by atoms with E-state index in [0.29, 0.717) is 5.92 Å². The summed E-state index contributed by atoms with van der Waals surface area (Å²) in [4.78, 5) is 7.02. The van der Waals surface area contributed by atoms with E-state index in [1.165, 1.54) is 18.4 Å². The van der Waals surface area contributed by atoms with E-state index >= 15 is 0 Å². The Labute approximate surface area is 130 Å². The monoisotopic (exact) mass is 289 g/mol. The molecule has 21 heavy (non-hydrogen) atoms. The Kier molecular flexibility index (Phi) is 6.04. The molecule has 118 valence electrons. The SMILES string of the molecule is CC(C)CNCc1ccnc(N2CCC(C(C)C)CC2)c1. The molecule has 0 radical (unpaired) electrons. The van der Waals surface area contributed by atoms with Gasteiger partial charge in [-0.05, 0) is 54.8 Å². The fourth-order valence-electron chi connectivity index (χ4n) is 3.04. The number of nitrogens with zero attached hydrogens (tertiary/aromatic N) is 2. The van der Waals surface area contributed by atoms with Gasteiger partial charge in [0, 0.05) is 25.8 Å². The van der Waals surface area contributed by atoms with E-state index in [4.69, 9.17) is 0 Å². The number of anilines is 1. The minimum absolute atomic E-state index is 0.696. The third kappa shape index (κ3) is 4.99. The summed E-state index contributed by atoms with van der Waals surface area (Å²) in [7, 11) is 0. The van der Waals surface area contributed by atoms with Crippen LogP contribution in [-0.4, -0.2) is 24.6 Å². The fraction of sp³-hybridized carbons (Fsp3) is 0.722. The van der Waals surface area contributed by atoms with Crippen molar-refractivity contribution in [3.63, 3.8) is 0 Å². The summed E-state index contributed by atoms with van der Waals surface area (Å²) in [5, 5.41) is 3.51. The molecule has 2 heterocycles. The number of hydrogen-bond acceptors (Lipinski definition) is 3. The first-order chi connectivity index (χ1) is 10.1. The molecule has 0 unspecified atom stereocenters. The smallest absolute Gasteiger partial charge is 0.128 e. The highest BCUT2D eigenvalue weighted by molar-refractivity contribution is 5.41. The second-order valence-electron chi connectivity index (χ2n) is 7.12. The van der Waals surface area contributed by atoms with Crippen LogP contribution in [0.4, 0.5) is 5.82 Å². The fourth-order valence-corrected chi connectivity index (χ4v) is 3.04. The zero-order chi connectivity index (χ0) is 15.2. The van der Waals surface area contributed by atoms with E-state index in [2.05, 4.69) is 55.0 Å². The molecule has 0 bridgehead atoms. The lowest BCUT2D eigenvalue weighted by Gasteiger charge is -2.34. The highest BCUT2D eigenvalue weighted by Gasteiger charge is 2.22. The molecule has 0 amide bonds. The third-order valence-electron chi connectivity index (χ3n) is 4.50. The van der Waals surface area contributed by atoms with Crippen LogP contribution in [0.3, 0.4) is 0 Å². The van der Waals surface area contributed by atoms with Gasteiger partial charge in [0.1, 0.15) is 5.82 Å². The standard InChI is InChI=1S/C18H31N3/c1-14(2)12-19-13-16-5-8-20-18(11-16)21-9-6-17(7-10-21)15(3)4/h5,8,11,14-15,17,19H,6-7,9-10,12-13H2,1-4H3. The second-order valence-corrected chi connectivity index (χ2v) is 7.12. The van der Waals surface area contributed by atoms with Gasteiger partial charge in [-0.2, -0.15) is 0 Å². The van der Waals surface area contributed by atoms with Crippen molar-refractivity contribution >= 4 is 5.82 Å². The average Bonchev–Trinajstić information content (AvgIpc) is 2.47. The predicted octanol–water partition coefficient (Wildman–Crippen LogP) is 3.70. The number of pyridine rings is 1. The van der Waals surface area contributed by atoms with Gasteiger partial charge in [0.15, 0.2) is 0 Å². The maximum absolute atomic E-state index is 4.57. The number of piperidine rings is 1. The number of rotatable bonds is 6. The van der Waals surface area contributed by atoms with Crippen LogP contribution in [0.25, 0.3) is 0 Å². The van der Waals surface area contributed by atoms with Gasteiger partial charge in [-0.1, -0.05) is 27.7 Å². The van der Waals surface area contributed by atoms with E-state index < -0.39 is 0 Å². The van der Waals surface area contributed by atoms with Crippen molar-refractivity contribution in [1.29, 1.82) is 0 Å². The number of hydrogen-bond donors (Lipinski definition) is 1. The Hall–Kier alpha value is -1.09. The summed E-state index contributed by atoms with van der Waals surface area (Å²) in [5.74, 6) is 3.55. The summed E-state index contributed by atoms with van der Waals surface area (Å²) in [6.07, 6.45) is 4.56. The summed E-state index contributed by atoms with van der Waals surface area (Å²) >= 11 is 0. The minimum atomic E-state index is 0.696. The Balaban J connectivity index is 1.89. The first-order valence-corrected chi connectivity index (χ1v) is 8.47. The molecule has 0 aromatic carbocycles. The van der Waals surface area contributed by atoms with Crippen LogP contribution in [0.2, 0.25) is 0 Å². The Bertz CT molecular complexity index is 420. The largest absolute Gasteiger partial charge is 0.357 e. The van der Waals surface area contributed by atoms with Crippen LogP contribution >= 0.6 is 0 Å². The molecule has 1 aliphatic heterocycles. The van der Waals surface area contributed by atoms with Crippen LogP contribution in [0.5, 0.6) is 0 Å². The Morgan fingerprint density at radius 3 is 2.57 bits per heavy atom. The highest BCUT2D eigenvalue weighted by Crippen LogP contribution is 2.27. The zero-order valence-electron chi connectivity index (χ0n) is 14.1. The molecule has 1 aromatic rings. The van der Waals surface area contributed by atoms with Gasteiger partial charge in [-0.3, -0.25) is 0 Å². The molecule has 3 heteroatoms. The van der Waals surface area contributed by atoms with Crippen molar-refractivity contribution in [1.82, 2.24) is 10.3 Å². The van der Waals surface area contributed by atoms with Crippen LogP contribution in [0.15, 0.2) is 18.3 Å². The lowest BCUT2D eigenvalue weighted by Crippen LogP contribution is -2.35. The van der Waals surface area contributed by atoms with Gasteiger partial charge in [0.05, 0.1) is 0 Å². The van der Waals surface area contributed by atoms with Crippen molar-refractivity contribution < 1.29 is 0 Å². The molecule has 1 N–H and O–H groups in total. The van der Waals surface area contributed by atoms with Crippen molar-refractivity contribution in [2.75, 3.05) is 24.5 Å². The van der Waals surface area contributed by atoms with E-state index in [1.54, 1.807) is 0 Å². The molecular formula is C18H31N3. The van der Waals surface area contributed by atoms with Crippen molar-refractivity contribution in [3.05, 3.63) is 23.9 Å². The maximum Gasteiger partial charge on any atom is 0.128 e. The minimum Gasteiger partial charge on any atom is -0.357 e. The first-order valence-electron chi connectivity index (χ1n) is 8.47. The van der Waals surface area contributed by atoms with Gasteiger partial charge in [0.2, 0.25) is 0 Å². The Morgan fingerprint density at radius 2 is 1.95 bits per heavy atom. The molecule has 0 spiro atoms. The topological polar surface area (TPSA) is 28.2 Å². The predicted molar refractivity (Wildman–Crippen MR) is 90.6 cm³/mol. The normalized spacial score (nSPS) is 17.0. The molecule has 0 atom stereocenters. The van der Waals surface area contributed by atoms with Gasteiger partial charge in [-0.15, -0.1) is 0 Å². The molecule has 3 nitrogen and oxygen atoms in total. The number of nitrogens with one attached hydrogen (secondary N) is 1. The maximum atomic E-state index is 4.57. The molecule has 0 saturated carbocycles. The lowest BCUT2D eigenvalue weighted by molar-refractivity contribution is 0.310. The van der Waals surface area contributed by atoms with Gasteiger partial charge in [0.25, 0.3) is 0 Å². The van der Waals surface area contributed by atoms with Crippen molar-refractivity contribution in [3.8, 4) is 0 Å². The van der Waals surface area contributed by atoms with Gasteiger partial charge >= 0.3 is 0 Å². The summed E-state index contributed by atoms with van der Waals surface area (Å²) < 4.78 is 0. The highest BCUT2D eigenvalue weighted by atomic mass is 15.2. The molecule has 1 aromatic heterocycles. The average molecular weight is 289 g/mol. The van der Waals surface area contributed by atoms with E-state index in [0.717, 1.165) is 43.8 Å². The quantitative estimate of drug-likeness (QED) is 0.865.